The molecule has 3 N–H and O–H groups in total. The number of hydrogen-bond donors (Lipinski definition) is 2. The van der Waals surface area contributed by atoms with Gasteiger partial charge in [-0.3, -0.25) is 4.79 Å². The molecule has 0 saturated heterocycles. The van der Waals surface area contributed by atoms with Gasteiger partial charge in [0.15, 0.2) is 0 Å². The standard InChI is InChI=1S/C11H15N3O2/c1-11(2,10(15)16)7-5-8(12)14-9(13-7)6-3-4-6/h5-6H,3-4H2,1-2H3,(H,15,16)(H2,12,13,14). The summed E-state index contributed by atoms with van der Waals surface area (Å²) in [5.41, 5.74) is 5.13. The van der Waals surface area contributed by atoms with E-state index in [1.54, 1.807) is 19.9 Å². The van der Waals surface area contributed by atoms with E-state index in [9.17, 15) is 4.79 Å². The summed E-state index contributed by atoms with van der Waals surface area (Å²) in [6.45, 7) is 3.24. The van der Waals surface area contributed by atoms with Gasteiger partial charge in [0.2, 0.25) is 0 Å². The van der Waals surface area contributed by atoms with Gasteiger partial charge in [-0.2, -0.15) is 0 Å². The van der Waals surface area contributed by atoms with Crippen LogP contribution >= 0.6 is 0 Å². The molecule has 16 heavy (non-hydrogen) atoms. The summed E-state index contributed by atoms with van der Waals surface area (Å²) in [6.07, 6.45) is 2.13. The number of carboxylic acid groups (broad SMARTS) is 1. The van der Waals surface area contributed by atoms with Crippen LogP contribution in [0, 0.1) is 0 Å². The number of carbonyl (C=O) groups is 1. The number of nitrogens with zero attached hydrogens (tertiary/aromatic N) is 2. The van der Waals surface area contributed by atoms with Gasteiger partial charge in [-0.15, -0.1) is 0 Å². The molecule has 1 saturated carbocycles. The molecule has 1 aromatic rings. The van der Waals surface area contributed by atoms with Crippen molar-refractivity contribution in [3.8, 4) is 0 Å². The van der Waals surface area contributed by atoms with Crippen LogP contribution in [0.25, 0.3) is 0 Å². The Kier molecular flexibility index (Phi) is 2.33. The Morgan fingerprint density at radius 2 is 2.12 bits per heavy atom. The number of aliphatic carboxylic acids is 1. The van der Waals surface area contributed by atoms with Crippen molar-refractivity contribution >= 4 is 11.8 Å². The lowest BCUT2D eigenvalue weighted by atomic mass is 9.89. The lowest BCUT2D eigenvalue weighted by Crippen LogP contribution is -2.30. The lowest BCUT2D eigenvalue weighted by Gasteiger charge is -2.19. The molecule has 0 bridgehead atoms. The molecule has 0 aliphatic heterocycles. The van der Waals surface area contributed by atoms with Gasteiger partial charge in [0.05, 0.1) is 5.69 Å². The van der Waals surface area contributed by atoms with Crippen LogP contribution in [-0.2, 0) is 10.2 Å². The van der Waals surface area contributed by atoms with Crippen LogP contribution in [0.2, 0.25) is 0 Å². The molecule has 0 unspecified atom stereocenters. The predicted molar refractivity (Wildman–Crippen MR) is 59.1 cm³/mol. The third-order valence-electron chi connectivity index (χ3n) is 2.88. The van der Waals surface area contributed by atoms with Gasteiger partial charge in [0.25, 0.3) is 0 Å². The first-order chi connectivity index (χ1) is 7.41. The fraction of sp³-hybridized carbons (Fsp3) is 0.545. The Labute approximate surface area is 93.7 Å². The predicted octanol–water partition coefficient (Wildman–Crippen LogP) is 1.30. The topological polar surface area (TPSA) is 89.1 Å². The minimum atomic E-state index is -1.03. The molecular weight excluding hydrogens is 206 g/mol. The molecule has 0 radical (unpaired) electrons. The zero-order chi connectivity index (χ0) is 11.9. The third-order valence-corrected chi connectivity index (χ3v) is 2.88. The Morgan fingerprint density at radius 1 is 1.50 bits per heavy atom. The molecule has 5 heteroatoms. The van der Waals surface area contributed by atoms with Crippen LogP contribution in [0.4, 0.5) is 5.82 Å². The van der Waals surface area contributed by atoms with Crippen LogP contribution < -0.4 is 5.73 Å². The fourth-order valence-electron chi connectivity index (χ4n) is 1.44. The van der Waals surface area contributed by atoms with Crippen molar-refractivity contribution in [2.45, 2.75) is 38.0 Å². The van der Waals surface area contributed by atoms with Crippen molar-refractivity contribution in [1.29, 1.82) is 0 Å². The normalized spacial score (nSPS) is 16.1. The first-order valence-electron chi connectivity index (χ1n) is 5.29. The van der Waals surface area contributed by atoms with E-state index in [0.717, 1.165) is 12.8 Å². The molecule has 86 valence electrons. The molecule has 2 rings (SSSR count). The summed E-state index contributed by atoms with van der Waals surface area (Å²) in [7, 11) is 0. The Hall–Kier alpha value is -1.65. The summed E-state index contributed by atoms with van der Waals surface area (Å²) in [5, 5.41) is 9.13. The molecule has 5 nitrogen and oxygen atoms in total. The fourth-order valence-corrected chi connectivity index (χ4v) is 1.44. The number of aromatic nitrogens is 2. The molecule has 0 amide bonds. The second-order valence-electron chi connectivity index (χ2n) is 4.74. The quantitative estimate of drug-likeness (QED) is 0.803. The molecular formula is C11H15N3O2. The SMILES string of the molecule is CC(C)(C(=O)O)c1cc(N)nc(C2CC2)n1. The summed E-state index contributed by atoms with van der Waals surface area (Å²) in [5.74, 6) is 0.491. The number of carboxylic acids is 1. The largest absolute Gasteiger partial charge is 0.481 e. The molecule has 1 aliphatic carbocycles. The van der Waals surface area contributed by atoms with Crippen molar-refractivity contribution in [2.24, 2.45) is 0 Å². The number of rotatable bonds is 3. The number of hydrogen-bond acceptors (Lipinski definition) is 4. The minimum absolute atomic E-state index is 0.348. The van der Waals surface area contributed by atoms with Crippen LogP contribution in [0.5, 0.6) is 0 Å². The monoisotopic (exact) mass is 221 g/mol. The van der Waals surface area contributed by atoms with E-state index in [-0.39, 0.29) is 0 Å². The van der Waals surface area contributed by atoms with Gasteiger partial charge < -0.3 is 10.8 Å². The molecule has 0 aromatic carbocycles. The highest BCUT2D eigenvalue weighted by atomic mass is 16.4. The highest BCUT2D eigenvalue weighted by molar-refractivity contribution is 5.79. The molecule has 1 aromatic heterocycles. The van der Waals surface area contributed by atoms with E-state index < -0.39 is 11.4 Å². The van der Waals surface area contributed by atoms with Gasteiger partial charge >= 0.3 is 5.97 Å². The molecule has 1 heterocycles. The Bertz CT molecular complexity index is 439. The van der Waals surface area contributed by atoms with Crippen molar-refractivity contribution < 1.29 is 9.90 Å². The molecule has 1 aliphatic rings. The maximum atomic E-state index is 11.1. The number of anilines is 1. The van der Waals surface area contributed by atoms with E-state index in [4.69, 9.17) is 10.8 Å². The minimum Gasteiger partial charge on any atom is -0.481 e. The van der Waals surface area contributed by atoms with Gasteiger partial charge in [-0.05, 0) is 26.7 Å². The number of nitrogens with two attached hydrogens (primary N) is 1. The van der Waals surface area contributed by atoms with Crippen molar-refractivity contribution in [2.75, 3.05) is 5.73 Å². The van der Waals surface area contributed by atoms with Gasteiger partial charge in [0.1, 0.15) is 17.1 Å². The highest BCUT2D eigenvalue weighted by Gasteiger charge is 2.34. The van der Waals surface area contributed by atoms with Gasteiger partial charge in [-0.1, -0.05) is 0 Å². The average Bonchev–Trinajstić information content (AvgIpc) is 2.99. The zero-order valence-electron chi connectivity index (χ0n) is 9.40. The van der Waals surface area contributed by atoms with E-state index in [1.165, 1.54) is 0 Å². The third kappa shape index (κ3) is 1.85. The maximum Gasteiger partial charge on any atom is 0.315 e. The van der Waals surface area contributed by atoms with Crippen molar-refractivity contribution in [3.05, 3.63) is 17.6 Å². The second kappa shape index (κ2) is 3.43. The molecule has 1 fully saturated rings. The van der Waals surface area contributed by atoms with Gasteiger partial charge in [-0.25, -0.2) is 9.97 Å². The Morgan fingerprint density at radius 3 is 2.62 bits per heavy atom. The van der Waals surface area contributed by atoms with Crippen LogP contribution in [0.1, 0.15) is 44.1 Å². The van der Waals surface area contributed by atoms with Crippen LogP contribution in [0.15, 0.2) is 6.07 Å². The summed E-state index contributed by atoms with van der Waals surface area (Å²) < 4.78 is 0. The average molecular weight is 221 g/mol. The molecule has 0 atom stereocenters. The van der Waals surface area contributed by atoms with E-state index in [1.807, 2.05) is 0 Å². The summed E-state index contributed by atoms with van der Waals surface area (Å²) in [4.78, 5) is 19.6. The zero-order valence-corrected chi connectivity index (χ0v) is 9.40. The summed E-state index contributed by atoms with van der Waals surface area (Å²) >= 11 is 0. The maximum absolute atomic E-state index is 11.1. The molecule has 0 spiro atoms. The Balaban J connectivity index is 2.44. The van der Waals surface area contributed by atoms with Crippen LogP contribution in [0.3, 0.4) is 0 Å². The number of nitrogen functional groups attached to an aromatic ring is 1. The lowest BCUT2D eigenvalue weighted by molar-refractivity contribution is -0.142. The van der Waals surface area contributed by atoms with Crippen molar-refractivity contribution in [1.82, 2.24) is 9.97 Å². The van der Waals surface area contributed by atoms with E-state index >= 15 is 0 Å². The highest BCUT2D eigenvalue weighted by Crippen LogP contribution is 2.39. The van der Waals surface area contributed by atoms with E-state index in [2.05, 4.69) is 9.97 Å². The van der Waals surface area contributed by atoms with Crippen LogP contribution in [-0.4, -0.2) is 21.0 Å². The first-order valence-corrected chi connectivity index (χ1v) is 5.29. The smallest absolute Gasteiger partial charge is 0.315 e. The first kappa shape index (κ1) is 10.9. The summed E-state index contributed by atoms with van der Waals surface area (Å²) in [6, 6.07) is 1.54. The van der Waals surface area contributed by atoms with Gasteiger partial charge in [0, 0.05) is 12.0 Å². The van der Waals surface area contributed by atoms with E-state index in [0.29, 0.717) is 23.3 Å². The second-order valence-corrected chi connectivity index (χ2v) is 4.74. The van der Waals surface area contributed by atoms with Crippen molar-refractivity contribution in [3.63, 3.8) is 0 Å².